The van der Waals surface area contributed by atoms with Crippen LogP contribution in [0.25, 0.3) is 0 Å². The molecule has 1 aromatic rings. The maximum absolute atomic E-state index is 3.64. The first-order valence-corrected chi connectivity index (χ1v) is 7.87. The smallest absolute Gasteiger partial charge is 0.0451 e. The molecule has 0 aliphatic carbocycles. The second-order valence-corrected chi connectivity index (χ2v) is 6.39. The molecule has 2 atom stereocenters. The molecule has 0 heterocycles. The molecule has 0 radical (unpaired) electrons. The monoisotopic (exact) mass is 276 g/mol. The molecule has 114 valence electrons. The van der Waals surface area contributed by atoms with Crippen LogP contribution in [0.3, 0.4) is 0 Å². The third kappa shape index (κ3) is 4.60. The lowest BCUT2D eigenvalue weighted by molar-refractivity contribution is 0.188. The van der Waals surface area contributed by atoms with Crippen LogP contribution in [0.1, 0.15) is 50.4 Å². The normalized spacial score (nSPS) is 14.8. The number of nitrogens with zero attached hydrogens (tertiary/aromatic N) is 1. The van der Waals surface area contributed by atoms with Crippen LogP contribution in [-0.4, -0.2) is 31.1 Å². The van der Waals surface area contributed by atoms with Gasteiger partial charge < -0.3 is 10.2 Å². The fourth-order valence-electron chi connectivity index (χ4n) is 2.70. The zero-order chi connectivity index (χ0) is 15.3. The molecule has 2 nitrogen and oxygen atoms in total. The Kier molecular flexibility index (Phi) is 6.70. The van der Waals surface area contributed by atoms with E-state index in [1.165, 1.54) is 16.7 Å². The van der Waals surface area contributed by atoms with Crippen molar-refractivity contribution in [3.63, 3.8) is 0 Å². The average Bonchev–Trinajstić information content (AvgIpc) is 2.37. The highest BCUT2D eigenvalue weighted by atomic mass is 15.2. The maximum atomic E-state index is 3.64. The number of hydrogen-bond donors (Lipinski definition) is 1. The predicted molar refractivity (Wildman–Crippen MR) is 89.3 cm³/mol. The van der Waals surface area contributed by atoms with Crippen molar-refractivity contribution < 1.29 is 0 Å². The van der Waals surface area contributed by atoms with Crippen LogP contribution >= 0.6 is 0 Å². The molecule has 0 saturated carbocycles. The Balaban J connectivity index is 2.88. The quantitative estimate of drug-likeness (QED) is 0.811. The van der Waals surface area contributed by atoms with Crippen LogP contribution in [0.15, 0.2) is 18.2 Å². The summed E-state index contributed by atoms with van der Waals surface area (Å²) in [4.78, 5) is 2.47. The van der Waals surface area contributed by atoms with Gasteiger partial charge >= 0.3 is 0 Å². The van der Waals surface area contributed by atoms with Gasteiger partial charge in [0.1, 0.15) is 0 Å². The Hall–Kier alpha value is -0.860. The van der Waals surface area contributed by atoms with E-state index in [9.17, 15) is 0 Å². The van der Waals surface area contributed by atoms with Gasteiger partial charge in [0.05, 0.1) is 0 Å². The lowest BCUT2D eigenvalue weighted by atomic mass is 9.97. The SMILES string of the molecule is CCNC(CN(C)C(C)C(C)C)c1ccc(C)cc1C. The van der Waals surface area contributed by atoms with E-state index < -0.39 is 0 Å². The van der Waals surface area contributed by atoms with E-state index in [1.807, 2.05) is 0 Å². The molecule has 1 N–H and O–H groups in total. The number of benzene rings is 1. The van der Waals surface area contributed by atoms with Crippen LogP contribution < -0.4 is 5.32 Å². The van der Waals surface area contributed by atoms with Gasteiger partial charge in [0.15, 0.2) is 0 Å². The van der Waals surface area contributed by atoms with Crippen LogP contribution in [-0.2, 0) is 0 Å². The fraction of sp³-hybridized carbons (Fsp3) is 0.667. The summed E-state index contributed by atoms with van der Waals surface area (Å²) in [6, 6.07) is 7.80. The molecule has 0 saturated heterocycles. The number of nitrogens with one attached hydrogen (secondary N) is 1. The Morgan fingerprint density at radius 2 is 1.80 bits per heavy atom. The van der Waals surface area contributed by atoms with E-state index in [4.69, 9.17) is 0 Å². The van der Waals surface area contributed by atoms with E-state index in [1.54, 1.807) is 0 Å². The third-order valence-electron chi connectivity index (χ3n) is 4.38. The van der Waals surface area contributed by atoms with Crippen LogP contribution in [0.5, 0.6) is 0 Å². The molecule has 0 fully saturated rings. The largest absolute Gasteiger partial charge is 0.309 e. The van der Waals surface area contributed by atoms with Crippen molar-refractivity contribution in [2.24, 2.45) is 5.92 Å². The molecule has 0 spiro atoms. The number of rotatable bonds is 7. The van der Waals surface area contributed by atoms with Crippen molar-refractivity contribution in [3.8, 4) is 0 Å². The van der Waals surface area contributed by atoms with Gasteiger partial charge in [-0.15, -0.1) is 0 Å². The molecule has 0 aliphatic rings. The van der Waals surface area contributed by atoms with Crippen molar-refractivity contribution in [1.29, 1.82) is 0 Å². The summed E-state index contributed by atoms with van der Waals surface area (Å²) >= 11 is 0. The van der Waals surface area contributed by atoms with Gasteiger partial charge in [0.25, 0.3) is 0 Å². The molecular formula is C18H32N2. The predicted octanol–water partition coefficient (Wildman–Crippen LogP) is 3.93. The first kappa shape index (κ1) is 17.2. The summed E-state index contributed by atoms with van der Waals surface area (Å²) in [6.45, 7) is 15.5. The molecule has 0 aromatic heterocycles. The van der Waals surface area contributed by atoms with Crippen molar-refractivity contribution in [2.45, 2.75) is 53.6 Å². The maximum Gasteiger partial charge on any atom is 0.0451 e. The van der Waals surface area contributed by atoms with Crippen LogP contribution in [0.4, 0.5) is 0 Å². The standard InChI is InChI=1S/C18H32N2/c1-8-19-18(12-20(7)16(6)13(2)3)17-10-9-14(4)11-15(17)5/h9-11,13,16,18-19H,8,12H2,1-7H3. The van der Waals surface area contributed by atoms with Crippen LogP contribution in [0.2, 0.25) is 0 Å². The van der Waals surface area contributed by atoms with Crippen LogP contribution in [0, 0.1) is 19.8 Å². The van der Waals surface area contributed by atoms with E-state index in [2.05, 4.69) is 77.0 Å². The molecular weight excluding hydrogens is 244 g/mol. The molecule has 2 unspecified atom stereocenters. The molecule has 2 heteroatoms. The molecule has 0 aliphatic heterocycles. The van der Waals surface area contributed by atoms with Gasteiger partial charge in [0.2, 0.25) is 0 Å². The summed E-state index contributed by atoms with van der Waals surface area (Å²) in [5.74, 6) is 0.682. The number of likely N-dealkylation sites (N-methyl/N-ethyl adjacent to an activating group) is 2. The highest BCUT2D eigenvalue weighted by Crippen LogP contribution is 2.21. The minimum absolute atomic E-state index is 0.409. The number of aryl methyl sites for hydroxylation is 2. The second kappa shape index (κ2) is 7.80. The first-order chi connectivity index (χ1) is 9.36. The lowest BCUT2D eigenvalue weighted by Crippen LogP contribution is -2.40. The Morgan fingerprint density at radius 1 is 1.15 bits per heavy atom. The zero-order valence-corrected chi connectivity index (χ0v) is 14.3. The van der Waals surface area contributed by atoms with Crippen molar-refractivity contribution in [2.75, 3.05) is 20.1 Å². The minimum atomic E-state index is 0.409. The summed E-state index contributed by atoms with van der Waals surface area (Å²) in [5.41, 5.74) is 4.16. The molecule has 20 heavy (non-hydrogen) atoms. The highest BCUT2D eigenvalue weighted by Gasteiger charge is 2.19. The molecule has 1 rings (SSSR count). The van der Waals surface area contributed by atoms with Crippen molar-refractivity contribution >= 4 is 0 Å². The van der Waals surface area contributed by atoms with Gasteiger partial charge in [-0.05, 0) is 51.4 Å². The fourth-order valence-corrected chi connectivity index (χ4v) is 2.70. The zero-order valence-electron chi connectivity index (χ0n) is 14.3. The van der Waals surface area contributed by atoms with Gasteiger partial charge in [-0.3, -0.25) is 0 Å². The molecule has 0 bridgehead atoms. The molecule has 1 aromatic carbocycles. The number of hydrogen-bond acceptors (Lipinski definition) is 2. The van der Waals surface area contributed by atoms with Crippen molar-refractivity contribution in [3.05, 3.63) is 34.9 Å². The van der Waals surface area contributed by atoms with E-state index >= 15 is 0 Å². The highest BCUT2D eigenvalue weighted by molar-refractivity contribution is 5.33. The topological polar surface area (TPSA) is 15.3 Å². The summed E-state index contributed by atoms with van der Waals surface area (Å²) < 4.78 is 0. The van der Waals surface area contributed by atoms with Gasteiger partial charge in [-0.1, -0.05) is 44.5 Å². The summed E-state index contributed by atoms with van der Waals surface area (Å²) in [6.07, 6.45) is 0. The van der Waals surface area contributed by atoms with E-state index in [0.29, 0.717) is 18.0 Å². The van der Waals surface area contributed by atoms with E-state index in [0.717, 1.165) is 13.1 Å². The molecule has 0 amide bonds. The Labute approximate surface area is 125 Å². The first-order valence-electron chi connectivity index (χ1n) is 7.87. The van der Waals surface area contributed by atoms with Gasteiger partial charge in [-0.2, -0.15) is 0 Å². The van der Waals surface area contributed by atoms with E-state index in [-0.39, 0.29) is 0 Å². The van der Waals surface area contributed by atoms with Gasteiger partial charge in [-0.25, -0.2) is 0 Å². The van der Waals surface area contributed by atoms with Crippen molar-refractivity contribution in [1.82, 2.24) is 10.2 Å². The minimum Gasteiger partial charge on any atom is -0.309 e. The lowest BCUT2D eigenvalue weighted by Gasteiger charge is -2.32. The average molecular weight is 276 g/mol. The van der Waals surface area contributed by atoms with Gasteiger partial charge in [0, 0.05) is 18.6 Å². The summed E-state index contributed by atoms with van der Waals surface area (Å²) in [5, 5.41) is 3.64. The summed E-state index contributed by atoms with van der Waals surface area (Å²) in [7, 11) is 2.23. The Bertz CT molecular complexity index is 412. The third-order valence-corrected chi connectivity index (χ3v) is 4.38. The Morgan fingerprint density at radius 3 is 2.30 bits per heavy atom. The second-order valence-electron chi connectivity index (χ2n) is 6.39.